The van der Waals surface area contributed by atoms with Crippen LogP contribution in [0.5, 0.6) is 5.75 Å². The van der Waals surface area contributed by atoms with Crippen molar-refractivity contribution in [3.05, 3.63) is 54.1 Å². The van der Waals surface area contributed by atoms with E-state index in [9.17, 15) is 9.90 Å². The third-order valence-corrected chi connectivity index (χ3v) is 10.4. The van der Waals surface area contributed by atoms with E-state index in [1.54, 1.807) is 19.1 Å². The Hall–Kier alpha value is -2.00. The number of hydrogen-bond donors (Lipinski definition) is 1. The van der Waals surface area contributed by atoms with Crippen LogP contribution in [0.2, 0.25) is 0 Å². The summed E-state index contributed by atoms with van der Waals surface area (Å²) in [4.78, 5) is 12.1. The molecule has 6 rings (SSSR count). The van der Waals surface area contributed by atoms with Gasteiger partial charge in [0.25, 0.3) is 0 Å². The molecular formula is C29H32F2O5S. The van der Waals surface area contributed by atoms with E-state index in [0.717, 1.165) is 0 Å². The van der Waals surface area contributed by atoms with Crippen molar-refractivity contribution in [2.75, 3.05) is 6.61 Å². The second kappa shape index (κ2) is 8.25. The third-order valence-electron chi connectivity index (χ3n) is 9.99. The van der Waals surface area contributed by atoms with E-state index in [0.29, 0.717) is 12.2 Å². The summed E-state index contributed by atoms with van der Waals surface area (Å²) in [6, 6.07) is 9.14. The summed E-state index contributed by atoms with van der Waals surface area (Å²) >= 11 is 5.89. The summed E-state index contributed by atoms with van der Waals surface area (Å²) in [5.41, 5.74) is -5.62. The zero-order valence-electron chi connectivity index (χ0n) is 21.2. The van der Waals surface area contributed by atoms with Crippen molar-refractivity contribution in [2.45, 2.75) is 75.8 Å². The van der Waals surface area contributed by atoms with E-state index in [4.69, 9.17) is 26.4 Å². The molecule has 0 aromatic heterocycles. The number of alkyl halides is 2. The third kappa shape index (κ3) is 3.16. The summed E-state index contributed by atoms with van der Waals surface area (Å²) < 4.78 is 52.4. The number of carbonyl (C=O) groups excluding carboxylic acids is 1. The van der Waals surface area contributed by atoms with Crippen LogP contribution in [0.4, 0.5) is 8.78 Å². The first-order valence-corrected chi connectivity index (χ1v) is 13.4. The van der Waals surface area contributed by atoms with Crippen LogP contribution in [0.15, 0.2) is 54.1 Å². The Balaban J connectivity index is 1.46. The topological polar surface area (TPSA) is 65.0 Å². The molecule has 1 saturated heterocycles. The molecule has 1 aromatic carbocycles. The van der Waals surface area contributed by atoms with Gasteiger partial charge in [0.05, 0.1) is 24.9 Å². The van der Waals surface area contributed by atoms with E-state index >= 15 is 8.78 Å². The van der Waals surface area contributed by atoms with Crippen LogP contribution in [-0.4, -0.2) is 58.3 Å². The monoisotopic (exact) mass is 530 g/mol. The second-order valence-electron chi connectivity index (χ2n) is 11.8. The molecule has 1 N–H and O–H groups in total. The SMILES string of the molecule is CC1CO[C@]2(C(=S)Oc3ccccc3)[C@@H](C[C@H]3[C@@H]4C[C@H](F)C5=CC(=O)C=C[C@]5(C)[C@@]4(F)[C@@H](O)C[C@@]32C)O1. The Morgan fingerprint density at radius 1 is 1.19 bits per heavy atom. The summed E-state index contributed by atoms with van der Waals surface area (Å²) in [6.45, 7) is 5.72. The van der Waals surface area contributed by atoms with Crippen LogP contribution in [0.25, 0.3) is 0 Å². The Morgan fingerprint density at radius 3 is 2.65 bits per heavy atom. The molecule has 0 radical (unpaired) electrons. The number of halogens is 2. The van der Waals surface area contributed by atoms with Crippen molar-refractivity contribution in [3.63, 3.8) is 0 Å². The van der Waals surface area contributed by atoms with Gasteiger partial charge in [0, 0.05) is 16.7 Å². The number of aliphatic hydroxyl groups excluding tert-OH is 1. The first-order chi connectivity index (χ1) is 17.5. The van der Waals surface area contributed by atoms with Gasteiger partial charge in [0.15, 0.2) is 17.1 Å². The molecule has 0 amide bonds. The fraction of sp³-hybridized carbons (Fsp3) is 0.586. The lowest BCUT2D eigenvalue weighted by atomic mass is 9.44. The summed E-state index contributed by atoms with van der Waals surface area (Å²) in [6.07, 6.45) is 0.523. The number of ketones is 1. The Labute approximate surface area is 220 Å². The average molecular weight is 531 g/mol. The van der Waals surface area contributed by atoms with Crippen LogP contribution in [0.3, 0.4) is 0 Å². The van der Waals surface area contributed by atoms with Gasteiger partial charge < -0.3 is 19.3 Å². The maximum atomic E-state index is 17.5. The Bertz CT molecular complexity index is 1200. The molecule has 3 saturated carbocycles. The van der Waals surface area contributed by atoms with Gasteiger partial charge in [-0.05, 0) is 81.1 Å². The highest BCUT2D eigenvalue weighted by Crippen LogP contribution is 2.71. The number of benzene rings is 1. The predicted molar refractivity (Wildman–Crippen MR) is 137 cm³/mol. The molecule has 4 aliphatic carbocycles. The molecule has 198 valence electrons. The number of carbonyl (C=O) groups is 1. The lowest BCUT2D eigenvalue weighted by molar-refractivity contribution is -0.250. The molecule has 37 heavy (non-hydrogen) atoms. The van der Waals surface area contributed by atoms with E-state index in [1.165, 1.54) is 18.2 Å². The maximum absolute atomic E-state index is 17.5. The highest BCUT2D eigenvalue weighted by Gasteiger charge is 2.78. The zero-order valence-corrected chi connectivity index (χ0v) is 22.0. The number of para-hydroxylation sites is 1. The lowest BCUT2D eigenvalue weighted by Crippen LogP contribution is -2.72. The van der Waals surface area contributed by atoms with Gasteiger partial charge >= 0.3 is 0 Å². The van der Waals surface area contributed by atoms with Crippen molar-refractivity contribution >= 4 is 23.1 Å². The molecule has 5 nitrogen and oxygen atoms in total. The summed E-state index contributed by atoms with van der Waals surface area (Å²) in [5, 5.41) is 11.8. The van der Waals surface area contributed by atoms with Crippen LogP contribution < -0.4 is 4.74 Å². The predicted octanol–water partition coefficient (Wildman–Crippen LogP) is 4.86. The number of fused-ring (bicyclic) bond motifs is 7. The molecule has 8 heteroatoms. The van der Waals surface area contributed by atoms with Crippen molar-refractivity contribution in [3.8, 4) is 5.75 Å². The molecule has 1 heterocycles. The van der Waals surface area contributed by atoms with Crippen LogP contribution >= 0.6 is 12.2 Å². The zero-order chi connectivity index (χ0) is 26.4. The normalized spacial score (nSPS) is 48.3. The quantitative estimate of drug-likeness (QED) is 0.551. The highest BCUT2D eigenvalue weighted by molar-refractivity contribution is 7.80. The highest BCUT2D eigenvalue weighted by atomic mass is 32.1. The van der Waals surface area contributed by atoms with Gasteiger partial charge in [-0.2, -0.15) is 0 Å². The molecule has 1 unspecified atom stereocenters. The lowest BCUT2D eigenvalue weighted by Gasteiger charge is -2.63. The van der Waals surface area contributed by atoms with Gasteiger partial charge in [0.1, 0.15) is 11.9 Å². The van der Waals surface area contributed by atoms with Gasteiger partial charge in [-0.3, -0.25) is 4.79 Å². The van der Waals surface area contributed by atoms with Crippen molar-refractivity contribution in [1.82, 2.24) is 0 Å². The molecule has 5 aliphatic rings. The number of aliphatic hydroxyl groups is 1. The molecule has 10 atom stereocenters. The van der Waals surface area contributed by atoms with Crippen LogP contribution in [0.1, 0.15) is 40.0 Å². The van der Waals surface area contributed by atoms with Gasteiger partial charge in [-0.25, -0.2) is 8.78 Å². The van der Waals surface area contributed by atoms with Crippen molar-refractivity contribution in [2.24, 2.45) is 22.7 Å². The number of ether oxygens (including phenoxy) is 3. The van der Waals surface area contributed by atoms with Crippen LogP contribution in [-0.2, 0) is 14.3 Å². The first-order valence-electron chi connectivity index (χ1n) is 13.0. The summed E-state index contributed by atoms with van der Waals surface area (Å²) in [7, 11) is 0. The second-order valence-corrected chi connectivity index (χ2v) is 12.2. The average Bonchev–Trinajstić information content (AvgIpc) is 3.11. The minimum Gasteiger partial charge on any atom is -0.447 e. The largest absolute Gasteiger partial charge is 0.447 e. The first kappa shape index (κ1) is 25.3. The number of allylic oxidation sites excluding steroid dienone is 4. The number of thiocarbonyl (C=S) groups is 1. The van der Waals surface area contributed by atoms with Gasteiger partial charge in [-0.1, -0.05) is 31.2 Å². The van der Waals surface area contributed by atoms with E-state index in [-0.39, 0.29) is 42.0 Å². The molecule has 1 aromatic rings. The Kier molecular flexibility index (Phi) is 5.64. The minimum atomic E-state index is -2.18. The Morgan fingerprint density at radius 2 is 1.92 bits per heavy atom. The molecule has 4 fully saturated rings. The number of rotatable bonds is 2. The smallest absolute Gasteiger partial charge is 0.202 e. The summed E-state index contributed by atoms with van der Waals surface area (Å²) in [5.74, 6) is -1.07. The van der Waals surface area contributed by atoms with Gasteiger partial charge in [-0.15, -0.1) is 0 Å². The van der Waals surface area contributed by atoms with Crippen LogP contribution in [0, 0.1) is 22.7 Å². The van der Waals surface area contributed by atoms with Gasteiger partial charge in [0.2, 0.25) is 5.05 Å². The van der Waals surface area contributed by atoms with E-state index in [1.807, 2.05) is 32.0 Å². The number of hydrogen-bond acceptors (Lipinski definition) is 6. The molecule has 0 bridgehead atoms. The minimum absolute atomic E-state index is 0.0266. The van der Waals surface area contributed by atoms with Crippen molar-refractivity contribution in [1.29, 1.82) is 0 Å². The molecule has 1 aliphatic heterocycles. The van der Waals surface area contributed by atoms with E-state index < -0.39 is 52.3 Å². The maximum Gasteiger partial charge on any atom is 0.202 e. The molecular weight excluding hydrogens is 498 g/mol. The standard InChI is InChI=1S/C29H32F2O5S/c1-16-15-34-29(25(37)36-18-7-5-4-6-8-18)24(35-16)13-19-20-12-22(30)21-11-17(32)9-10-26(21,2)28(20,31)23(33)14-27(19,29)3/h4-11,16,19-20,22-24,33H,12-15H2,1-3H3/t16?,19-,20-,22-,23-,24+,26-,27-,28-,29-/m0/s1. The fourth-order valence-electron chi connectivity index (χ4n) is 8.25. The fourth-order valence-corrected chi connectivity index (χ4v) is 8.77. The van der Waals surface area contributed by atoms with E-state index in [2.05, 4.69) is 0 Å². The molecule has 0 spiro atoms. The van der Waals surface area contributed by atoms with Crippen molar-refractivity contribution < 1.29 is 32.9 Å².